The third kappa shape index (κ3) is 4.49. The van der Waals surface area contributed by atoms with Crippen LogP contribution in [0.3, 0.4) is 0 Å². The maximum absolute atomic E-state index is 13.9. The molecular formula is C37H32Cl2N2O4. The summed E-state index contributed by atoms with van der Waals surface area (Å²) in [6.45, 7) is 6.41. The number of anilines is 1. The standard InChI is InChI=1S/C37H32Cl2N2O4/c1-35(2,3)22-12-16-24(17-13-22)45-25-18-14-23(15-19-25)40-30(42)20-21-41-33(43)31-32(34(41)44)37(39)27-9-5-4-8-26(27)36(31,38)28-10-6-7-11-29(28)37/h4-19,31-32H,20-21H2,1-3H3,(H,40,42)/t31-,32-,36?,37?/m0/s1. The second kappa shape index (κ2) is 10.5. The van der Waals surface area contributed by atoms with E-state index in [4.69, 9.17) is 27.9 Å². The Bertz CT molecular complexity index is 1720. The summed E-state index contributed by atoms with van der Waals surface area (Å²) in [5.74, 6) is -1.54. The third-order valence-electron chi connectivity index (χ3n) is 9.33. The molecule has 8 rings (SSSR count). The average molecular weight is 640 g/mol. The highest BCUT2D eigenvalue weighted by Crippen LogP contribution is 2.69. The molecule has 45 heavy (non-hydrogen) atoms. The highest BCUT2D eigenvalue weighted by molar-refractivity contribution is 6.36. The normalized spacial score (nSPS) is 24.6. The molecule has 1 N–H and O–H groups in total. The van der Waals surface area contributed by atoms with E-state index in [-0.39, 0.29) is 24.3 Å². The number of carbonyl (C=O) groups is 3. The van der Waals surface area contributed by atoms with Crippen molar-refractivity contribution in [2.45, 2.75) is 42.4 Å². The molecule has 0 radical (unpaired) electrons. The van der Waals surface area contributed by atoms with Gasteiger partial charge in [0.05, 0.1) is 11.8 Å². The van der Waals surface area contributed by atoms with E-state index in [0.717, 1.165) is 28.0 Å². The topological polar surface area (TPSA) is 75.7 Å². The van der Waals surface area contributed by atoms with E-state index in [1.165, 1.54) is 10.5 Å². The summed E-state index contributed by atoms with van der Waals surface area (Å²) in [6.07, 6.45) is -0.0697. The Morgan fingerprint density at radius 1 is 0.733 bits per heavy atom. The lowest BCUT2D eigenvalue weighted by Gasteiger charge is -2.54. The number of halogens is 2. The van der Waals surface area contributed by atoms with E-state index in [2.05, 4.69) is 38.2 Å². The number of rotatable bonds is 6. The van der Waals surface area contributed by atoms with Gasteiger partial charge in [-0.2, -0.15) is 0 Å². The molecule has 4 aromatic carbocycles. The largest absolute Gasteiger partial charge is 0.457 e. The first-order chi connectivity index (χ1) is 21.4. The maximum atomic E-state index is 13.9. The van der Waals surface area contributed by atoms with Crippen molar-refractivity contribution in [1.82, 2.24) is 4.90 Å². The van der Waals surface area contributed by atoms with E-state index in [1.807, 2.05) is 60.7 Å². The highest BCUT2D eigenvalue weighted by atomic mass is 35.5. The molecule has 1 saturated heterocycles. The molecular weight excluding hydrogens is 607 g/mol. The summed E-state index contributed by atoms with van der Waals surface area (Å²) in [5, 5.41) is 2.85. The molecule has 1 fully saturated rings. The SMILES string of the molecule is CC(C)(C)c1ccc(Oc2ccc(NC(=O)CCN3C(=O)[C@@H]4[C@@H](C3=O)C3(Cl)c5ccccc5C4(Cl)c4ccccc43)cc2)cc1. The van der Waals surface area contributed by atoms with Gasteiger partial charge in [-0.05, 0) is 69.6 Å². The van der Waals surface area contributed by atoms with Gasteiger partial charge in [0.1, 0.15) is 21.2 Å². The molecule has 3 aliphatic carbocycles. The van der Waals surface area contributed by atoms with Gasteiger partial charge in [-0.1, -0.05) is 81.4 Å². The number of hydrogen-bond acceptors (Lipinski definition) is 4. The summed E-state index contributed by atoms with van der Waals surface area (Å²) < 4.78 is 5.96. The van der Waals surface area contributed by atoms with Gasteiger partial charge in [0.25, 0.3) is 0 Å². The molecule has 4 aromatic rings. The summed E-state index contributed by atoms with van der Waals surface area (Å²) in [4.78, 5) is 39.6. The molecule has 2 bridgehead atoms. The Morgan fingerprint density at radius 2 is 1.16 bits per heavy atom. The zero-order valence-corrected chi connectivity index (χ0v) is 26.7. The Balaban J connectivity index is 1.04. The lowest BCUT2D eigenvalue weighted by molar-refractivity contribution is -0.140. The van der Waals surface area contributed by atoms with Crippen LogP contribution in [0.2, 0.25) is 0 Å². The fraction of sp³-hybridized carbons (Fsp3) is 0.270. The number of amides is 3. The van der Waals surface area contributed by atoms with E-state index >= 15 is 0 Å². The molecule has 0 spiro atoms. The first kappa shape index (κ1) is 29.6. The number of benzene rings is 4. The second-order valence-corrected chi connectivity index (χ2v) is 14.2. The van der Waals surface area contributed by atoms with E-state index in [1.54, 1.807) is 24.3 Å². The first-order valence-corrected chi connectivity index (χ1v) is 15.8. The predicted octanol–water partition coefficient (Wildman–Crippen LogP) is 7.70. The monoisotopic (exact) mass is 638 g/mol. The van der Waals surface area contributed by atoms with Gasteiger partial charge >= 0.3 is 0 Å². The van der Waals surface area contributed by atoms with Crippen LogP contribution in [-0.2, 0) is 29.5 Å². The number of carbonyl (C=O) groups excluding carboxylic acids is 3. The van der Waals surface area contributed by atoms with Crippen molar-refractivity contribution >= 4 is 46.6 Å². The molecule has 4 aliphatic rings. The van der Waals surface area contributed by atoms with Crippen LogP contribution in [0.15, 0.2) is 97.1 Å². The van der Waals surface area contributed by atoms with Crippen LogP contribution in [0.4, 0.5) is 5.69 Å². The van der Waals surface area contributed by atoms with Crippen molar-refractivity contribution in [2.24, 2.45) is 11.8 Å². The van der Waals surface area contributed by atoms with Crippen LogP contribution in [0.25, 0.3) is 0 Å². The molecule has 0 saturated carbocycles. The van der Waals surface area contributed by atoms with Gasteiger partial charge in [0, 0.05) is 18.7 Å². The Labute approximate surface area is 272 Å². The number of ether oxygens (including phenoxy) is 1. The maximum Gasteiger partial charge on any atom is 0.235 e. The second-order valence-electron chi connectivity index (χ2n) is 13.0. The molecule has 8 heteroatoms. The predicted molar refractivity (Wildman–Crippen MR) is 175 cm³/mol. The summed E-state index contributed by atoms with van der Waals surface area (Å²) in [6, 6.07) is 30.1. The smallest absolute Gasteiger partial charge is 0.235 e. The van der Waals surface area contributed by atoms with Crippen molar-refractivity contribution in [2.75, 3.05) is 11.9 Å². The Kier molecular flexibility index (Phi) is 6.88. The lowest BCUT2D eigenvalue weighted by atomic mass is 9.54. The highest BCUT2D eigenvalue weighted by Gasteiger charge is 2.72. The van der Waals surface area contributed by atoms with E-state index in [0.29, 0.717) is 11.4 Å². The first-order valence-electron chi connectivity index (χ1n) is 15.1. The number of nitrogens with one attached hydrogen (secondary N) is 1. The van der Waals surface area contributed by atoms with Crippen molar-refractivity contribution in [3.8, 4) is 11.5 Å². The van der Waals surface area contributed by atoms with Crippen molar-refractivity contribution < 1.29 is 19.1 Å². The van der Waals surface area contributed by atoms with Gasteiger partial charge in [-0.3, -0.25) is 19.3 Å². The molecule has 0 unspecified atom stereocenters. The van der Waals surface area contributed by atoms with Crippen LogP contribution in [0, 0.1) is 11.8 Å². The van der Waals surface area contributed by atoms with Crippen molar-refractivity contribution in [3.63, 3.8) is 0 Å². The fourth-order valence-corrected chi connectivity index (χ4v) is 8.25. The van der Waals surface area contributed by atoms with Crippen molar-refractivity contribution in [1.29, 1.82) is 0 Å². The summed E-state index contributed by atoms with van der Waals surface area (Å²) in [5.41, 5.74) is 4.84. The minimum atomic E-state index is -1.24. The number of nitrogens with zero attached hydrogens (tertiary/aromatic N) is 1. The molecule has 6 nitrogen and oxygen atoms in total. The molecule has 1 heterocycles. The molecule has 3 amide bonds. The van der Waals surface area contributed by atoms with Crippen LogP contribution >= 0.6 is 23.2 Å². The van der Waals surface area contributed by atoms with Crippen LogP contribution < -0.4 is 10.1 Å². The fourth-order valence-electron chi connectivity index (χ4n) is 7.15. The van der Waals surface area contributed by atoms with Crippen molar-refractivity contribution in [3.05, 3.63) is 125 Å². The average Bonchev–Trinajstić information content (AvgIpc) is 3.29. The van der Waals surface area contributed by atoms with Gasteiger partial charge < -0.3 is 10.1 Å². The minimum absolute atomic E-state index is 0.0574. The molecule has 0 aromatic heterocycles. The van der Waals surface area contributed by atoms with Crippen LogP contribution in [0.5, 0.6) is 11.5 Å². The molecule has 1 aliphatic heterocycles. The summed E-state index contributed by atoms with van der Waals surface area (Å²) >= 11 is 14.9. The number of alkyl halides is 2. The molecule has 2 atom stereocenters. The number of likely N-dealkylation sites (tertiary alicyclic amines) is 1. The van der Waals surface area contributed by atoms with Gasteiger partial charge in [-0.25, -0.2) is 0 Å². The zero-order valence-electron chi connectivity index (χ0n) is 25.1. The zero-order chi connectivity index (χ0) is 31.7. The lowest BCUT2D eigenvalue weighted by Crippen LogP contribution is -2.57. The Morgan fingerprint density at radius 3 is 1.58 bits per heavy atom. The van der Waals surface area contributed by atoms with Crippen LogP contribution in [-0.4, -0.2) is 29.2 Å². The Hall–Kier alpha value is -4.13. The molecule has 228 valence electrons. The van der Waals surface area contributed by atoms with Gasteiger partial charge in [-0.15, -0.1) is 23.2 Å². The number of imide groups is 1. The van der Waals surface area contributed by atoms with Gasteiger partial charge in [0.15, 0.2) is 0 Å². The van der Waals surface area contributed by atoms with E-state index in [9.17, 15) is 14.4 Å². The number of hydrogen-bond donors (Lipinski definition) is 1. The minimum Gasteiger partial charge on any atom is -0.457 e. The summed E-state index contributed by atoms with van der Waals surface area (Å²) in [7, 11) is 0. The van der Waals surface area contributed by atoms with Gasteiger partial charge in [0.2, 0.25) is 17.7 Å². The third-order valence-corrected chi connectivity index (χ3v) is 10.6. The van der Waals surface area contributed by atoms with Crippen LogP contribution in [0.1, 0.15) is 55.0 Å². The van der Waals surface area contributed by atoms with E-state index < -0.39 is 33.4 Å². The quantitative estimate of drug-likeness (QED) is 0.173.